The van der Waals surface area contributed by atoms with E-state index in [1.165, 1.54) is 5.56 Å². The van der Waals surface area contributed by atoms with Crippen LogP contribution in [0.15, 0.2) is 42.5 Å². The van der Waals surface area contributed by atoms with Crippen molar-refractivity contribution in [3.05, 3.63) is 59.4 Å². The average molecular weight is 408 g/mol. The van der Waals surface area contributed by atoms with Crippen molar-refractivity contribution < 1.29 is 9.53 Å². The van der Waals surface area contributed by atoms with Crippen LogP contribution in [0.25, 0.3) is 11.0 Å². The number of aromatic nitrogens is 2. The van der Waals surface area contributed by atoms with Gasteiger partial charge in [0.25, 0.3) is 0 Å². The third-order valence-corrected chi connectivity index (χ3v) is 5.55. The number of benzene rings is 2. The molecule has 158 valence electrons. The van der Waals surface area contributed by atoms with E-state index in [4.69, 9.17) is 4.74 Å². The molecular weight excluding hydrogens is 378 g/mol. The van der Waals surface area contributed by atoms with Crippen molar-refractivity contribution in [1.29, 1.82) is 0 Å². The largest absolute Gasteiger partial charge is 0.497 e. The molecule has 1 fully saturated rings. The Morgan fingerprint density at radius 1 is 1.10 bits per heavy atom. The summed E-state index contributed by atoms with van der Waals surface area (Å²) in [6.07, 6.45) is 0. The van der Waals surface area contributed by atoms with E-state index in [1.54, 1.807) is 7.11 Å². The van der Waals surface area contributed by atoms with Crippen molar-refractivity contribution in [3.63, 3.8) is 0 Å². The topological polar surface area (TPSA) is 73.5 Å². The molecule has 1 amide bonds. The zero-order chi connectivity index (χ0) is 20.9. The van der Waals surface area contributed by atoms with Gasteiger partial charge in [-0.25, -0.2) is 4.98 Å². The predicted octanol–water partition coefficient (Wildman–Crippen LogP) is 2.31. The van der Waals surface area contributed by atoms with Crippen LogP contribution in [0.1, 0.15) is 17.0 Å². The van der Waals surface area contributed by atoms with E-state index < -0.39 is 0 Å². The fourth-order valence-corrected chi connectivity index (χ4v) is 3.73. The summed E-state index contributed by atoms with van der Waals surface area (Å²) in [6, 6.07) is 14.1. The maximum Gasteiger partial charge on any atom is 0.234 e. The third-order valence-electron chi connectivity index (χ3n) is 5.55. The van der Waals surface area contributed by atoms with Gasteiger partial charge in [0.15, 0.2) is 0 Å². The molecule has 2 heterocycles. The summed E-state index contributed by atoms with van der Waals surface area (Å²) in [5.74, 6) is 1.87. The molecule has 2 N–H and O–H groups in total. The van der Waals surface area contributed by atoms with Gasteiger partial charge < -0.3 is 15.0 Å². The Balaban J connectivity index is 1.22. The van der Waals surface area contributed by atoms with E-state index in [2.05, 4.69) is 56.3 Å². The zero-order valence-electron chi connectivity index (χ0n) is 17.6. The molecule has 0 radical (unpaired) electrons. The number of fused-ring (bicyclic) bond motifs is 1. The summed E-state index contributed by atoms with van der Waals surface area (Å²) < 4.78 is 5.28. The minimum Gasteiger partial charge on any atom is -0.497 e. The van der Waals surface area contributed by atoms with Gasteiger partial charge in [0, 0.05) is 38.8 Å². The maximum absolute atomic E-state index is 12.3. The van der Waals surface area contributed by atoms with Gasteiger partial charge >= 0.3 is 0 Å². The number of aromatic amines is 1. The number of hydrogen-bond donors (Lipinski definition) is 2. The molecule has 2 aromatic carbocycles. The molecule has 1 saturated heterocycles. The molecule has 0 unspecified atom stereocenters. The van der Waals surface area contributed by atoms with Crippen LogP contribution >= 0.6 is 0 Å². The third kappa shape index (κ3) is 5.17. The molecule has 0 spiro atoms. The lowest BCUT2D eigenvalue weighted by Crippen LogP contribution is -2.49. The predicted molar refractivity (Wildman–Crippen MR) is 117 cm³/mol. The highest BCUT2D eigenvalue weighted by Gasteiger charge is 2.20. The Kier molecular flexibility index (Phi) is 6.30. The minimum atomic E-state index is 0.0789. The molecule has 1 aliphatic rings. The fourth-order valence-electron chi connectivity index (χ4n) is 3.73. The molecular formula is C23H29N5O2. The van der Waals surface area contributed by atoms with Crippen LogP contribution in [-0.2, 0) is 17.9 Å². The van der Waals surface area contributed by atoms with Gasteiger partial charge in [-0.05, 0) is 24.6 Å². The lowest BCUT2D eigenvalue weighted by molar-refractivity contribution is -0.122. The van der Waals surface area contributed by atoms with E-state index >= 15 is 0 Å². The average Bonchev–Trinajstić information content (AvgIpc) is 3.16. The Hall–Kier alpha value is -2.90. The highest BCUT2D eigenvalue weighted by Crippen LogP contribution is 2.19. The number of methoxy groups -OCH3 is 1. The molecule has 0 bridgehead atoms. The molecule has 1 aromatic heterocycles. The summed E-state index contributed by atoms with van der Waals surface area (Å²) in [5.41, 5.74) is 4.30. The second-order valence-electron chi connectivity index (χ2n) is 7.88. The number of amides is 1. The molecule has 1 aliphatic heterocycles. The Bertz CT molecular complexity index is 991. The number of imidazole rings is 1. The van der Waals surface area contributed by atoms with Crippen molar-refractivity contribution in [2.24, 2.45) is 0 Å². The number of piperazine rings is 1. The number of hydrogen-bond acceptors (Lipinski definition) is 5. The summed E-state index contributed by atoms with van der Waals surface area (Å²) in [5, 5.41) is 3.02. The summed E-state index contributed by atoms with van der Waals surface area (Å²) in [4.78, 5) is 24.9. The molecule has 0 saturated carbocycles. The highest BCUT2D eigenvalue weighted by molar-refractivity contribution is 5.78. The lowest BCUT2D eigenvalue weighted by atomic mass is 10.1. The highest BCUT2D eigenvalue weighted by atomic mass is 16.5. The second kappa shape index (κ2) is 9.28. The minimum absolute atomic E-state index is 0.0789. The number of nitrogens with zero attached hydrogens (tertiary/aromatic N) is 3. The van der Waals surface area contributed by atoms with Gasteiger partial charge in [-0.3, -0.25) is 14.6 Å². The second-order valence-corrected chi connectivity index (χ2v) is 7.88. The quantitative estimate of drug-likeness (QED) is 0.629. The fraction of sp³-hybridized carbons (Fsp3) is 0.391. The van der Waals surface area contributed by atoms with Crippen LogP contribution in [0.2, 0.25) is 0 Å². The van der Waals surface area contributed by atoms with Crippen LogP contribution in [0.4, 0.5) is 0 Å². The van der Waals surface area contributed by atoms with E-state index in [-0.39, 0.29) is 5.91 Å². The van der Waals surface area contributed by atoms with Gasteiger partial charge in [-0.2, -0.15) is 0 Å². The van der Waals surface area contributed by atoms with Gasteiger partial charge in [0.2, 0.25) is 5.91 Å². The molecule has 30 heavy (non-hydrogen) atoms. The van der Waals surface area contributed by atoms with Gasteiger partial charge in [0.05, 0.1) is 31.2 Å². The van der Waals surface area contributed by atoms with Gasteiger partial charge in [0.1, 0.15) is 11.6 Å². The molecule has 0 atom stereocenters. The maximum atomic E-state index is 12.3. The van der Waals surface area contributed by atoms with Gasteiger partial charge in [-0.1, -0.05) is 29.8 Å². The molecule has 7 nitrogen and oxygen atoms in total. The van der Waals surface area contributed by atoms with Crippen LogP contribution in [0.5, 0.6) is 5.75 Å². The summed E-state index contributed by atoms with van der Waals surface area (Å²) in [6.45, 7) is 7.48. The lowest BCUT2D eigenvalue weighted by Gasteiger charge is -2.33. The molecule has 4 rings (SSSR count). The Morgan fingerprint density at radius 2 is 1.83 bits per heavy atom. The van der Waals surface area contributed by atoms with Crippen molar-refractivity contribution in [2.45, 2.75) is 20.0 Å². The summed E-state index contributed by atoms with van der Waals surface area (Å²) >= 11 is 0. The number of carbonyl (C=O) groups excluding carboxylic acids is 1. The number of aryl methyl sites for hydroxylation is 1. The number of H-pyrrole nitrogens is 1. The SMILES string of the molecule is COc1ccc2nc(CN3CCN(CC(=O)NCc4ccc(C)cc4)CC3)[nH]c2c1. The molecule has 7 heteroatoms. The monoisotopic (exact) mass is 407 g/mol. The Labute approximate surface area is 177 Å². The van der Waals surface area contributed by atoms with Crippen molar-refractivity contribution in [1.82, 2.24) is 25.1 Å². The summed E-state index contributed by atoms with van der Waals surface area (Å²) in [7, 11) is 1.67. The van der Waals surface area contributed by atoms with Crippen molar-refractivity contribution >= 4 is 16.9 Å². The number of carbonyl (C=O) groups is 1. The van der Waals surface area contributed by atoms with E-state index in [1.807, 2.05) is 18.2 Å². The first-order chi connectivity index (χ1) is 14.6. The number of nitrogens with one attached hydrogen (secondary N) is 2. The molecule has 0 aliphatic carbocycles. The smallest absolute Gasteiger partial charge is 0.234 e. The normalized spacial score (nSPS) is 15.4. The van der Waals surface area contributed by atoms with Crippen molar-refractivity contribution in [3.8, 4) is 5.75 Å². The number of ether oxygens (including phenoxy) is 1. The number of rotatable bonds is 7. The first-order valence-corrected chi connectivity index (χ1v) is 10.4. The zero-order valence-corrected chi connectivity index (χ0v) is 17.6. The first-order valence-electron chi connectivity index (χ1n) is 10.4. The van der Waals surface area contributed by atoms with Crippen LogP contribution < -0.4 is 10.1 Å². The standard InChI is InChI=1S/C23H29N5O2/c1-17-3-5-18(6-4-17)14-24-23(29)16-28-11-9-27(10-12-28)15-22-25-20-8-7-19(30-2)13-21(20)26-22/h3-8,13H,9-12,14-16H2,1-2H3,(H,24,29)(H,25,26). The van der Waals surface area contributed by atoms with Crippen LogP contribution in [-0.4, -0.2) is 65.5 Å². The first kappa shape index (κ1) is 20.4. The Morgan fingerprint density at radius 3 is 2.57 bits per heavy atom. The van der Waals surface area contributed by atoms with Gasteiger partial charge in [-0.15, -0.1) is 0 Å². The molecule has 3 aromatic rings. The van der Waals surface area contributed by atoms with E-state index in [0.29, 0.717) is 13.1 Å². The van der Waals surface area contributed by atoms with Crippen LogP contribution in [0, 0.1) is 6.92 Å². The van der Waals surface area contributed by atoms with Crippen LogP contribution in [0.3, 0.4) is 0 Å². The van der Waals surface area contributed by atoms with E-state index in [9.17, 15) is 4.79 Å². The van der Waals surface area contributed by atoms with Crippen molar-refractivity contribution in [2.75, 3.05) is 39.8 Å². The van der Waals surface area contributed by atoms with E-state index in [0.717, 1.165) is 60.9 Å².